The van der Waals surface area contributed by atoms with Crippen LogP contribution in [0.2, 0.25) is 0 Å². The van der Waals surface area contributed by atoms with Crippen LogP contribution in [0.25, 0.3) is 5.69 Å². The highest BCUT2D eigenvalue weighted by atomic mass is 16.5. The summed E-state index contributed by atoms with van der Waals surface area (Å²) in [4.78, 5) is 4.29. The van der Waals surface area contributed by atoms with Gasteiger partial charge >= 0.3 is 0 Å². The fraction of sp³-hybridized carbons (Fsp3) is 0.429. The van der Waals surface area contributed by atoms with E-state index < -0.39 is 0 Å². The molecule has 1 N–H and O–H groups in total. The Kier molecular flexibility index (Phi) is 4.52. The number of ether oxygens (including phenoxy) is 1. The number of nitrogens with zero attached hydrogens (tertiary/aromatic N) is 3. The van der Waals surface area contributed by atoms with Crippen molar-refractivity contribution < 1.29 is 4.74 Å². The average Bonchev–Trinajstić information content (AvgIpc) is 2.87. The predicted octanol–water partition coefficient (Wildman–Crippen LogP) is 2.02. The van der Waals surface area contributed by atoms with Crippen LogP contribution in [-0.4, -0.2) is 28.4 Å². The van der Waals surface area contributed by atoms with Gasteiger partial charge in [-0.2, -0.15) is 5.10 Å². The molecule has 0 atom stereocenters. The van der Waals surface area contributed by atoms with Crippen LogP contribution in [0.3, 0.4) is 0 Å². The minimum absolute atomic E-state index is 0.623. The molecule has 1 heterocycles. The van der Waals surface area contributed by atoms with Gasteiger partial charge in [-0.25, -0.2) is 9.67 Å². The molecule has 0 aliphatic heterocycles. The Morgan fingerprint density at radius 2 is 2.00 bits per heavy atom. The van der Waals surface area contributed by atoms with Gasteiger partial charge in [-0.05, 0) is 36.7 Å². The molecule has 0 spiro atoms. The zero-order valence-corrected chi connectivity index (χ0v) is 11.6. The lowest BCUT2D eigenvalue weighted by atomic mass is 10.2. The van der Waals surface area contributed by atoms with Crippen LogP contribution in [0.15, 0.2) is 30.6 Å². The quantitative estimate of drug-likeness (QED) is 0.863. The number of nitrogens with one attached hydrogen (secondary N) is 1. The standard InChI is InChI=1S/C14H20N4O/c1-11(2)8-15-9-14-16-10-17-18(14)12-4-6-13(19-3)7-5-12/h4-7,10-11,15H,8-9H2,1-3H3. The maximum atomic E-state index is 5.15. The maximum Gasteiger partial charge on any atom is 0.146 e. The SMILES string of the molecule is COc1ccc(-n2ncnc2CNCC(C)C)cc1. The lowest BCUT2D eigenvalue weighted by Gasteiger charge is -2.09. The van der Waals surface area contributed by atoms with Crippen molar-refractivity contribution in [2.75, 3.05) is 13.7 Å². The van der Waals surface area contributed by atoms with E-state index in [0.29, 0.717) is 12.5 Å². The van der Waals surface area contributed by atoms with Crippen molar-refractivity contribution in [3.63, 3.8) is 0 Å². The molecular weight excluding hydrogens is 240 g/mol. The molecule has 19 heavy (non-hydrogen) atoms. The van der Waals surface area contributed by atoms with Crippen LogP contribution < -0.4 is 10.1 Å². The monoisotopic (exact) mass is 260 g/mol. The third kappa shape index (κ3) is 3.54. The molecule has 0 aliphatic rings. The number of methoxy groups -OCH3 is 1. The van der Waals surface area contributed by atoms with Crippen LogP contribution in [0.1, 0.15) is 19.7 Å². The Morgan fingerprint density at radius 3 is 2.63 bits per heavy atom. The highest BCUT2D eigenvalue weighted by molar-refractivity contribution is 5.37. The zero-order chi connectivity index (χ0) is 13.7. The van der Waals surface area contributed by atoms with Gasteiger partial charge in [0.25, 0.3) is 0 Å². The van der Waals surface area contributed by atoms with Gasteiger partial charge in [-0.15, -0.1) is 0 Å². The summed E-state index contributed by atoms with van der Waals surface area (Å²) in [6, 6.07) is 7.78. The second-order valence-corrected chi connectivity index (χ2v) is 4.81. The summed E-state index contributed by atoms with van der Waals surface area (Å²) < 4.78 is 6.99. The fourth-order valence-electron chi connectivity index (χ4n) is 1.80. The van der Waals surface area contributed by atoms with E-state index in [4.69, 9.17) is 4.74 Å². The van der Waals surface area contributed by atoms with Gasteiger partial charge in [0.2, 0.25) is 0 Å². The first kappa shape index (κ1) is 13.5. The van der Waals surface area contributed by atoms with Crippen LogP contribution in [0.4, 0.5) is 0 Å². The first-order chi connectivity index (χ1) is 9.20. The van der Waals surface area contributed by atoms with Gasteiger partial charge in [0.1, 0.15) is 17.9 Å². The smallest absolute Gasteiger partial charge is 0.146 e. The minimum atomic E-state index is 0.623. The van der Waals surface area contributed by atoms with E-state index in [9.17, 15) is 0 Å². The molecule has 0 fully saturated rings. The van der Waals surface area contributed by atoms with E-state index >= 15 is 0 Å². The Hall–Kier alpha value is -1.88. The molecule has 0 unspecified atom stereocenters. The van der Waals surface area contributed by atoms with Crippen molar-refractivity contribution in [3.05, 3.63) is 36.4 Å². The van der Waals surface area contributed by atoms with Crippen molar-refractivity contribution in [3.8, 4) is 11.4 Å². The Balaban J connectivity index is 2.09. The van der Waals surface area contributed by atoms with E-state index in [0.717, 1.165) is 23.8 Å². The zero-order valence-electron chi connectivity index (χ0n) is 11.6. The molecule has 0 aliphatic carbocycles. The molecule has 0 amide bonds. The Labute approximate surface area is 113 Å². The fourth-order valence-corrected chi connectivity index (χ4v) is 1.80. The van der Waals surface area contributed by atoms with E-state index in [-0.39, 0.29) is 0 Å². The summed E-state index contributed by atoms with van der Waals surface area (Å²) in [5, 5.41) is 7.64. The first-order valence-corrected chi connectivity index (χ1v) is 6.44. The lowest BCUT2D eigenvalue weighted by Crippen LogP contribution is -2.21. The van der Waals surface area contributed by atoms with Gasteiger partial charge in [0.05, 0.1) is 19.3 Å². The summed E-state index contributed by atoms with van der Waals surface area (Å²) in [5.41, 5.74) is 0.986. The average molecular weight is 260 g/mol. The molecule has 5 heteroatoms. The van der Waals surface area contributed by atoms with Crippen molar-refractivity contribution in [2.24, 2.45) is 5.92 Å². The highest BCUT2D eigenvalue weighted by Gasteiger charge is 2.06. The van der Waals surface area contributed by atoms with Crippen molar-refractivity contribution >= 4 is 0 Å². The minimum Gasteiger partial charge on any atom is -0.497 e. The van der Waals surface area contributed by atoms with Crippen molar-refractivity contribution in [1.82, 2.24) is 20.1 Å². The van der Waals surface area contributed by atoms with Gasteiger partial charge < -0.3 is 10.1 Å². The van der Waals surface area contributed by atoms with E-state index in [1.54, 1.807) is 13.4 Å². The highest BCUT2D eigenvalue weighted by Crippen LogP contribution is 2.15. The molecular formula is C14H20N4O. The van der Waals surface area contributed by atoms with Crippen LogP contribution >= 0.6 is 0 Å². The molecule has 1 aromatic heterocycles. The van der Waals surface area contributed by atoms with E-state index in [1.807, 2.05) is 28.9 Å². The number of aromatic nitrogens is 3. The summed E-state index contributed by atoms with van der Waals surface area (Å²) in [7, 11) is 1.66. The lowest BCUT2D eigenvalue weighted by molar-refractivity contribution is 0.414. The maximum absolute atomic E-state index is 5.15. The van der Waals surface area contributed by atoms with E-state index in [2.05, 4.69) is 29.2 Å². The topological polar surface area (TPSA) is 52.0 Å². The molecule has 0 saturated carbocycles. The van der Waals surface area contributed by atoms with Crippen molar-refractivity contribution in [1.29, 1.82) is 0 Å². The molecule has 102 valence electrons. The molecule has 2 aromatic rings. The molecule has 1 aromatic carbocycles. The normalized spacial score (nSPS) is 10.9. The Bertz CT molecular complexity index is 504. The second kappa shape index (κ2) is 6.33. The van der Waals surface area contributed by atoms with Crippen molar-refractivity contribution in [2.45, 2.75) is 20.4 Å². The largest absolute Gasteiger partial charge is 0.497 e. The van der Waals surface area contributed by atoms with Gasteiger partial charge in [0.15, 0.2) is 0 Å². The molecule has 0 radical (unpaired) electrons. The first-order valence-electron chi connectivity index (χ1n) is 6.44. The number of hydrogen-bond donors (Lipinski definition) is 1. The Morgan fingerprint density at radius 1 is 1.26 bits per heavy atom. The second-order valence-electron chi connectivity index (χ2n) is 4.81. The third-order valence-corrected chi connectivity index (χ3v) is 2.77. The number of rotatable bonds is 6. The summed E-state index contributed by atoms with van der Waals surface area (Å²) in [6.45, 7) is 6.04. The molecule has 0 saturated heterocycles. The van der Waals surface area contributed by atoms with Crippen LogP contribution in [0, 0.1) is 5.92 Å². The summed E-state index contributed by atoms with van der Waals surface area (Å²) in [6.07, 6.45) is 1.58. The van der Waals surface area contributed by atoms with Crippen LogP contribution in [0.5, 0.6) is 5.75 Å². The summed E-state index contributed by atoms with van der Waals surface area (Å²) in [5.74, 6) is 2.37. The van der Waals surface area contributed by atoms with Gasteiger partial charge in [-0.1, -0.05) is 13.8 Å². The predicted molar refractivity (Wildman–Crippen MR) is 74.5 cm³/mol. The number of hydrogen-bond acceptors (Lipinski definition) is 4. The summed E-state index contributed by atoms with van der Waals surface area (Å²) >= 11 is 0. The van der Waals surface area contributed by atoms with Gasteiger partial charge in [-0.3, -0.25) is 0 Å². The molecule has 0 bridgehead atoms. The molecule has 5 nitrogen and oxygen atoms in total. The van der Waals surface area contributed by atoms with Gasteiger partial charge in [0, 0.05) is 0 Å². The van der Waals surface area contributed by atoms with E-state index in [1.165, 1.54) is 0 Å². The molecule has 2 rings (SSSR count). The number of benzene rings is 1. The van der Waals surface area contributed by atoms with Crippen LogP contribution in [-0.2, 0) is 6.54 Å². The third-order valence-electron chi connectivity index (χ3n) is 2.77.